The monoisotopic (exact) mass is 209 g/mol. The average Bonchev–Trinajstić information content (AvgIpc) is 2.64. The van der Waals surface area contributed by atoms with E-state index in [0.717, 1.165) is 25.5 Å². The first-order valence-corrected chi connectivity index (χ1v) is 5.84. The van der Waals surface area contributed by atoms with Crippen molar-refractivity contribution in [3.05, 3.63) is 12.4 Å². The van der Waals surface area contributed by atoms with Crippen LogP contribution in [0, 0.1) is 5.41 Å². The molecule has 0 unspecified atom stereocenters. The van der Waals surface area contributed by atoms with Gasteiger partial charge in [0.1, 0.15) is 0 Å². The van der Waals surface area contributed by atoms with E-state index in [1.54, 1.807) is 0 Å². The van der Waals surface area contributed by atoms with Crippen molar-refractivity contribution in [3.63, 3.8) is 0 Å². The number of hydrogen-bond donors (Lipinski definition) is 1. The molecule has 1 aromatic rings. The highest BCUT2D eigenvalue weighted by Gasteiger charge is 2.15. The van der Waals surface area contributed by atoms with Gasteiger partial charge in [0.25, 0.3) is 0 Å². The molecule has 1 heterocycles. The summed E-state index contributed by atoms with van der Waals surface area (Å²) in [5.41, 5.74) is 0.336. The van der Waals surface area contributed by atoms with Gasteiger partial charge in [-0.3, -0.25) is 0 Å². The fraction of sp³-hybridized carbons (Fsp3) is 0.750. The predicted molar refractivity (Wildman–Crippen MR) is 65.1 cm³/mol. The molecule has 0 saturated carbocycles. The van der Waals surface area contributed by atoms with E-state index in [2.05, 4.69) is 42.6 Å². The maximum atomic E-state index is 4.32. The van der Waals surface area contributed by atoms with Crippen LogP contribution in [0.2, 0.25) is 0 Å². The molecule has 0 aromatic carbocycles. The molecule has 1 rings (SSSR count). The lowest BCUT2D eigenvalue weighted by Gasteiger charge is -2.23. The first-order chi connectivity index (χ1) is 7.09. The van der Waals surface area contributed by atoms with Crippen molar-refractivity contribution in [2.45, 2.75) is 47.1 Å². The molecule has 15 heavy (non-hydrogen) atoms. The van der Waals surface area contributed by atoms with Crippen LogP contribution >= 0.6 is 0 Å². The molecule has 1 N–H and O–H groups in total. The molecule has 0 saturated heterocycles. The molecule has 0 atom stereocenters. The smallest absolute Gasteiger partial charge is 0.202 e. The summed E-state index contributed by atoms with van der Waals surface area (Å²) in [6.07, 6.45) is 6.21. The molecule has 86 valence electrons. The fourth-order valence-corrected chi connectivity index (χ4v) is 1.34. The van der Waals surface area contributed by atoms with E-state index in [-0.39, 0.29) is 0 Å². The predicted octanol–water partition coefficient (Wildman–Crippen LogP) is 3.14. The van der Waals surface area contributed by atoms with Crippen molar-refractivity contribution < 1.29 is 0 Å². The van der Waals surface area contributed by atoms with Crippen LogP contribution in [0.4, 0.5) is 5.95 Å². The summed E-state index contributed by atoms with van der Waals surface area (Å²) >= 11 is 0. The fourth-order valence-electron chi connectivity index (χ4n) is 1.34. The quantitative estimate of drug-likeness (QED) is 0.780. The molecule has 0 aliphatic carbocycles. The zero-order valence-electron chi connectivity index (χ0n) is 10.4. The maximum absolute atomic E-state index is 4.32. The average molecular weight is 209 g/mol. The molecule has 0 aliphatic rings. The molecule has 0 amide bonds. The molecular formula is C12H23N3. The maximum Gasteiger partial charge on any atom is 0.202 e. The lowest BCUT2D eigenvalue weighted by molar-refractivity contribution is 0.375. The third-order valence-electron chi connectivity index (χ3n) is 2.86. The highest BCUT2D eigenvalue weighted by atomic mass is 15.2. The van der Waals surface area contributed by atoms with Gasteiger partial charge in [0, 0.05) is 25.5 Å². The lowest BCUT2D eigenvalue weighted by Crippen LogP contribution is -2.23. The lowest BCUT2D eigenvalue weighted by atomic mass is 9.90. The minimum absolute atomic E-state index is 0.336. The second-order valence-electron chi connectivity index (χ2n) is 4.82. The Balaban J connectivity index is 2.53. The van der Waals surface area contributed by atoms with Crippen molar-refractivity contribution in [2.75, 3.05) is 11.9 Å². The van der Waals surface area contributed by atoms with E-state index >= 15 is 0 Å². The second-order valence-corrected chi connectivity index (χ2v) is 4.82. The van der Waals surface area contributed by atoms with Gasteiger partial charge in [-0.15, -0.1) is 0 Å². The molecule has 0 bridgehead atoms. The van der Waals surface area contributed by atoms with E-state index in [1.165, 1.54) is 6.42 Å². The van der Waals surface area contributed by atoms with E-state index < -0.39 is 0 Å². The summed E-state index contributed by atoms with van der Waals surface area (Å²) in [6.45, 7) is 11.0. The van der Waals surface area contributed by atoms with Gasteiger partial charge in [-0.2, -0.15) is 0 Å². The van der Waals surface area contributed by atoms with Gasteiger partial charge < -0.3 is 9.88 Å². The van der Waals surface area contributed by atoms with Crippen LogP contribution in [0.3, 0.4) is 0 Å². The van der Waals surface area contributed by atoms with Crippen molar-refractivity contribution in [1.29, 1.82) is 0 Å². The van der Waals surface area contributed by atoms with E-state index in [4.69, 9.17) is 0 Å². The second kappa shape index (κ2) is 5.19. The first-order valence-electron chi connectivity index (χ1n) is 5.84. The molecule has 3 heteroatoms. The topological polar surface area (TPSA) is 29.9 Å². The van der Waals surface area contributed by atoms with Crippen LogP contribution in [0.15, 0.2) is 12.4 Å². The summed E-state index contributed by atoms with van der Waals surface area (Å²) in [4.78, 5) is 4.32. The summed E-state index contributed by atoms with van der Waals surface area (Å²) in [7, 11) is 0. The largest absolute Gasteiger partial charge is 0.355 e. The number of aromatic nitrogens is 2. The van der Waals surface area contributed by atoms with Gasteiger partial charge in [-0.1, -0.05) is 27.7 Å². The number of hydrogen-bond acceptors (Lipinski definition) is 2. The number of anilines is 1. The Bertz CT molecular complexity index is 289. The number of imidazole rings is 1. The number of nitrogens with one attached hydrogen (secondary N) is 1. The zero-order chi connectivity index (χ0) is 11.3. The first kappa shape index (κ1) is 12.1. The molecule has 3 nitrogen and oxygen atoms in total. The van der Waals surface area contributed by atoms with Crippen molar-refractivity contribution in [1.82, 2.24) is 9.55 Å². The zero-order valence-corrected chi connectivity index (χ0v) is 10.4. The summed E-state index contributed by atoms with van der Waals surface area (Å²) in [5.74, 6) is 0.998. The number of rotatable bonds is 6. The molecule has 0 aliphatic heterocycles. The number of aryl methyl sites for hydroxylation is 1. The molecule has 1 aromatic heterocycles. The Labute approximate surface area is 92.9 Å². The Hall–Kier alpha value is -0.990. The standard InChI is InChI=1S/C12H23N3/c1-5-8-15-9-7-13-11(15)14-10-12(3,4)6-2/h7,9H,5-6,8,10H2,1-4H3,(H,13,14). The SMILES string of the molecule is CCCn1ccnc1NCC(C)(C)CC. The van der Waals surface area contributed by atoms with Crippen molar-refractivity contribution in [3.8, 4) is 0 Å². The van der Waals surface area contributed by atoms with E-state index in [1.807, 2.05) is 12.4 Å². The van der Waals surface area contributed by atoms with Gasteiger partial charge >= 0.3 is 0 Å². The van der Waals surface area contributed by atoms with Gasteiger partial charge in [0.15, 0.2) is 0 Å². The third-order valence-corrected chi connectivity index (χ3v) is 2.86. The van der Waals surface area contributed by atoms with E-state index in [0.29, 0.717) is 5.41 Å². The molecule has 0 spiro atoms. The Morgan fingerprint density at radius 2 is 2.13 bits per heavy atom. The highest BCUT2D eigenvalue weighted by Crippen LogP contribution is 2.20. The van der Waals surface area contributed by atoms with E-state index in [9.17, 15) is 0 Å². The van der Waals surface area contributed by atoms with Crippen LogP contribution in [0.25, 0.3) is 0 Å². The normalized spacial score (nSPS) is 11.7. The minimum atomic E-state index is 0.336. The van der Waals surface area contributed by atoms with Crippen molar-refractivity contribution in [2.24, 2.45) is 5.41 Å². The van der Waals surface area contributed by atoms with Gasteiger partial charge in [0.05, 0.1) is 0 Å². The van der Waals surface area contributed by atoms with Gasteiger partial charge in [0.2, 0.25) is 5.95 Å². The summed E-state index contributed by atoms with van der Waals surface area (Å²) in [5, 5.41) is 3.42. The summed E-state index contributed by atoms with van der Waals surface area (Å²) < 4.78 is 2.17. The van der Waals surface area contributed by atoms with Gasteiger partial charge in [-0.25, -0.2) is 4.98 Å². The number of nitrogens with zero attached hydrogens (tertiary/aromatic N) is 2. The van der Waals surface area contributed by atoms with Crippen LogP contribution < -0.4 is 5.32 Å². The molecule has 0 radical (unpaired) electrons. The summed E-state index contributed by atoms with van der Waals surface area (Å²) in [6, 6.07) is 0. The van der Waals surface area contributed by atoms with Crippen LogP contribution in [0.5, 0.6) is 0 Å². The Kier molecular flexibility index (Phi) is 4.18. The molecular weight excluding hydrogens is 186 g/mol. The minimum Gasteiger partial charge on any atom is -0.355 e. The third kappa shape index (κ3) is 3.57. The Morgan fingerprint density at radius 3 is 2.73 bits per heavy atom. The van der Waals surface area contributed by atoms with Crippen LogP contribution in [-0.4, -0.2) is 16.1 Å². The van der Waals surface area contributed by atoms with Gasteiger partial charge in [-0.05, 0) is 18.3 Å². The highest BCUT2D eigenvalue weighted by molar-refractivity contribution is 5.26. The van der Waals surface area contributed by atoms with Crippen LogP contribution in [0.1, 0.15) is 40.5 Å². The Morgan fingerprint density at radius 1 is 1.40 bits per heavy atom. The molecule has 0 fully saturated rings. The van der Waals surface area contributed by atoms with Crippen LogP contribution in [-0.2, 0) is 6.54 Å². The van der Waals surface area contributed by atoms with Crippen molar-refractivity contribution >= 4 is 5.95 Å².